The number of unbranched alkanes of at least 4 members (excludes halogenated alkanes) is 17. The Morgan fingerprint density at radius 1 is 0.493 bits per heavy atom. The van der Waals surface area contributed by atoms with E-state index in [1.165, 1.54) is 64.2 Å². The molecule has 19 nitrogen and oxygen atoms in total. The average Bonchev–Trinajstić information content (AvgIpc) is 3.36. The van der Waals surface area contributed by atoms with E-state index in [0.29, 0.717) is 12.8 Å². The first-order chi connectivity index (χ1) is 34.3. The SMILES string of the molecule is CCCC/C=C\CCCCCCCC(=O)NC(COC1OC(CO)C(OC2OC(CO)C(OC3OC(CO)C(O)C(O)C3O)C(O)C2O)C(O)C1O)C(O)/C=C/CC/C=C/CCCCCCCCCCC. The summed E-state index contributed by atoms with van der Waals surface area (Å²) in [7, 11) is 0. The van der Waals surface area contributed by atoms with Gasteiger partial charge in [-0.3, -0.25) is 4.79 Å². The molecular weight excluding hydrogens is 927 g/mol. The van der Waals surface area contributed by atoms with Gasteiger partial charge in [0.1, 0.15) is 73.2 Å². The molecule has 12 N–H and O–H groups in total. The zero-order valence-electron chi connectivity index (χ0n) is 42.4. The molecule has 0 aromatic rings. The molecule has 0 spiro atoms. The van der Waals surface area contributed by atoms with Crippen LogP contribution >= 0.6 is 0 Å². The molecule has 0 aromatic heterocycles. The summed E-state index contributed by atoms with van der Waals surface area (Å²) in [5, 5.41) is 120. The van der Waals surface area contributed by atoms with Crippen molar-refractivity contribution in [2.24, 2.45) is 0 Å². The van der Waals surface area contributed by atoms with Crippen LogP contribution in [0.5, 0.6) is 0 Å². The zero-order valence-corrected chi connectivity index (χ0v) is 42.4. The first kappa shape index (κ1) is 63.3. The van der Waals surface area contributed by atoms with Gasteiger partial charge in [0.25, 0.3) is 0 Å². The third-order valence-corrected chi connectivity index (χ3v) is 13.4. The van der Waals surface area contributed by atoms with Crippen molar-refractivity contribution in [3.8, 4) is 0 Å². The van der Waals surface area contributed by atoms with Crippen LogP contribution < -0.4 is 5.32 Å². The molecule has 1 amide bonds. The summed E-state index contributed by atoms with van der Waals surface area (Å²) in [4.78, 5) is 13.2. The van der Waals surface area contributed by atoms with E-state index in [4.69, 9.17) is 28.4 Å². The van der Waals surface area contributed by atoms with Crippen LogP contribution in [-0.4, -0.2) is 193 Å². The van der Waals surface area contributed by atoms with Gasteiger partial charge in [0, 0.05) is 6.42 Å². The number of ether oxygens (including phenoxy) is 6. The predicted molar refractivity (Wildman–Crippen MR) is 263 cm³/mol. The van der Waals surface area contributed by atoms with Crippen LogP contribution in [0.4, 0.5) is 0 Å². The van der Waals surface area contributed by atoms with Gasteiger partial charge in [0.2, 0.25) is 5.91 Å². The lowest BCUT2D eigenvalue weighted by molar-refractivity contribution is -0.379. The summed E-state index contributed by atoms with van der Waals surface area (Å²) >= 11 is 0. The van der Waals surface area contributed by atoms with E-state index in [1.54, 1.807) is 6.08 Å². The lowest BCUT2D eigenvalue weighted by atomic mass is 9.96. The highest BCUT2D eigenvalue weighted by atomic mass is 16.8. The monoisotopic (exact) mass is 1020 g/mol. The normalized spacial score (nSPS) is 32.5. The lowest BCUT2D eigenvalue weighted by Gasteiger charge is -2.48. The van der Waals surface area contributed by atoms with Crippen molar-refractivity contribution in [1.29, 1.82) is 0 Å². The van der Waals surface area contributed by atoms with Gasteiger partial charge in [-0.2, -0.15) is 0 Å². The first-order valence-corrected chi connectivity index (χ1v) is 26.7. The second kappa shape index (κ2) is 36.9. The molecule has 17 atom stereocenters. The van der Waals surface area contributed by atoms with Gasteiger partial charge in [0.15, 0.2) is 18.9 Å². The quantitative estimate of drug-likeness (QED) is 0.0314. The molecule has 19 heteroatoms. The predicted octanol–water partition coefficient (Wildman–Crippen LogP) is 2.59. The highest BCUT2D eigenvalue weighted by molar-refractivity contribution is 5.76. The number of amides is 1. The van der Waals surface area contributed by atoms with Crippen LogP contribution in [0.2, 0.25) is 0 Å². The Kier molecular flexibility index (Phi) is 32.9. The fraction of sp³-hybridized carbons (Fsp3) is 0.865. The summed E-state index contributed by atoms with van der Waals surface area (Å²) in [6, 6.07) is -0.990. The summed E-state index contributed by atoms with van der Waals surface area (Å²) < 4.78 is 34.1. The highest BCUT2D eigenvalue weighted by Crippen LogP contribution is 2.33. The third kappa shape index (κ3) is 22.4. The Bertz CT molecular complexity index is 1450. The van der Waals surface area contributed by atoms with Gasteiger partial charge in [-0.25, -0.2) is 0 Å². The molecule has 3 heterocycles. The fourth-order valence-corrected chi connectivity index (χ4v) is 8.89. The first-order valence-electron chi connectivity index (χ1n) is 26.7. The van der Waals surface area contributed by atoms with Crippen molar-refractivity contribution in [2.45, 2.75) is 259 Å². The Balaban J connectivity index is 1.57. The van der Waals surface area contributed by atoms with Gasteiger partial charge in [-0.15, -0.1) is 0 Å². The molecule has 0 aromatic carbocycles. The molecular formula is C52H93NO18. The minimum atomic E-state index is -1.98. The van der Waals surface area contributed by atoms with E-state index in [9.17, 15) is 61.0 Å². The van der Waals surface area contributed by atoms with Crippen molar-refractivity contribution in [3.63, 3.8) is 0 Å². The largest absolute Gasteiger partial charge is 0.394 e. The van der Waals surface area contributed by atoms with Crippen molar-refractivity contribution in [1.82, 2.24) is 5.32 Å². The molecule has 3 aliphatic rings. The minimum absolute atomic E-state index is 0.224. The highest BCUT2D eigenvalue weighted by Gasteiger charge is 2.53. The molecule has 17 unspecified atom stereocenters. The van der Waals surface area contributed by atoms with Gasteiger partial charge in [-0.1, -0.05) is 134 Å². The van der Waals surface area contributed by atoms with Crippen LogP contribution in [0.3, 0.4) is 0 Å². The number of aliphatic hydroxyl groups is 11. The maximum Gasteiger partial charge on any atom is 0.220 e. The summed E-state index contributed by atoms with van der Waals surface area (Å²) in [5.74, 6) is -0.300. The van der Waals surface area contributed by atoms with E-state index >= 15 is 0 Å². The van der Waals surface area contributed by atoms with Gasteiger partial charge >= 0.3 is 0 Å². The standard InChI is InChI=1S/C52H93NO18/c1-3-5-7-9-11-13-15-16-17-18-20-21-23-25-27-29-36(57)35(53-40(58)30-28-26-24-22-19-14-12-10-8-6-4-2)34-66-50-46(64)43(61)48(38(32-55)68-50)71-52-47(65)44(62)49(39(33-56)69-52)70-51-45(63)42(60)41(59)37(31-54)67-51/h10,12,20-21,27,29,35-39,41-52,54-57,59-65H,3-9,11,13-19,22-26,28,30-34H2,1-2H3,(H,53,58)/b12-10-,21-20+,29-27+. The van der Waals surface area contributed by atoms with Gasteiger partial charge in [-0.05, 0) is 51.4 Å². The second-order valence-electron chi connectivity index (χ2n) is 19.3. The maximum absolute atomic E-state index is 13.2. The molecule has 3 saturated heterocycles. The smallest absolute Gasteiger partial charge is 0.220 e. The minimum Gasteiger partial charge on any atom is -0.394 e. The molecule has 3 aliphatic heterocycles. The van der Waals surface area contributed by atoms with Crippen LogP contribution in [0.15, 0.2) is 36.5 Å². The van der Waals surface area contributed by atoms with Crippen LogP contribution in [-0.2, 0) is 33.2 Å². The topological polar surface area (TPSA) is 307 Å². The summed E-state index contributed by atoms with van der Waals surface area (Å²) in [6.45, 7) is 1.61. The Morgan fingerprint density at radius 3 is 1.45 bits per heavy atom. The van der Waals surface area contributed by atoms with Crippen LogP contribution in [0, 0.1) is 0 Å². The lowest BCUT2D eigenvalue weighted by Crippen LogP contribution is -2.66. The van der Waals surface area contributed by atoms with E-state index in [2.05, 4.69) is 43.5 Å². The molecule has 3 rings (SSSR count). The second-order valence-corrected chi connectivity index (χ2v) is 19.3. The van der Waals surface area contributed by atoms with Crippen molar-refractivity contribution in [3.05, 3.63) is 36.5 Å². The van der Waals surface area contributed by atoms with E-state index in [-0.39, 0.29) is 18.9 Å². The average molecular weight is 1020 g/mol. The van der Waals surface area contributed by atoms with Gasteiger partial charge < -0.3 is 89.9 Å². The third-order valence-electron chi connectivity index (χ3n) is 13.4. The Morgan fingerprint density at radius 2 is 0.915 bits per heavy atom. The maximum atomic E-state index is 13.2. The number of hydrogen-bond donors (Lipinski definition) is 12. The van der Waals surface area contributed by atoms with Gasteiger partial charge in [0.05, 0.1) is 38.6 Å². The number of hydrogen-bond acceptors (Lipinski definition) is 18. The van der Waals surface area contributed by atoms with Crippen molar-refractivity contribution < 1.29 is 89.4 Å². The fourth-order valence-electron chi connectivity index (χ4n) is 8.89. The summed E-state index contributed by atoms with van der Waals surface area (Å²) in [5.41, 5.74) is 0. The number of aliphatic hydroxyl groups excluding tert-OH is 11. The zero-order chi connectivity index (χ0) is 52.0. The Hall–Kier alpha value is -1.99. The van der Waals surface area contributed by atoms with E-state index in [0.717, 1.165) is 57.8 Å². The molecule has 0 aliphatic carbocycles. The number of rotatable bonds is 37. The molecule has 0 bridgehead atoms. The van der Waals surface area contributed by atoms with Crippen LogP contribution in [0.25, 0.3) is 0 Å². The van der Waals surface area contributed by atoms with E-state index in [1.807, 2.05) is 6.08 Å². The van der Waals surface area contributed by atoms with E-state index < -0.39 is 124 Å². The molecule has 71 heavy (non-hydrogen) atoms. The number of nitrogens with one attached hydrogen (secondary N) is 1. The number of carbonyl (C=O) groups excluding carboxylic acids is 1. The van der Waals surface area contributed by atoms with Crippen molar-refractivity contribution >= 4 is 5.91 Å². The molecule has 0 saturated carbocycles. The molecule has 0 radical (unpaired) electrons. The van der Waals surface area contributed by atoms with Crippen LogP contribution in [0.1, 0.15) is 155 Å². The molecule has 414 valence electrons. The Labute approximate surface area is 421 Å². The number of carbonyl (C=O) groups is 1. The van der Waals surface area contributed by atoms with Crippen molar-refractivity contribution in [2.75, 3.05) is 26.4 Å². The summed E-state index contributed by atoms with van der Waals surface area (Å²) in [6.07, 6.45) is 8.65. The molecule has 3 fully saturated rings. The number of allylic oxidation sites excluding steroid dienone is 5.